The standard InChI is InChI=1S/C13H15F2NO/c14-13(15)17-11-2-1-9-3-8-4-10(7-16-6-8)12(9)5-11/h1-2,5,8,10,13,16H,3-4,6-7H2. The number of hydrogen-bond acceptors (Lipinski definition) is 2. The maximum absolute atomic E-state index is 12.2. The highest BCUT2D eigenvalue weighted by molar-refractivity contribution is 5.40. The molecular formula is C13H15F2NO. The second-order valence-electron chi connectivity index (χ2n) is 4.90. The molecule has 2 unspecified atom stereocenters. The van der Waals surface area contributed by atoms with Crippen molar-refractivity contribution in [3.63, 3.8) is 0 Å². The zero-order valence-electron chi connectivity index (χ0n) is 9.46. The van der Waals surface area contributed by atoms with Crippen molar-refractivity contribution in [1.82, 2.24) is 5.32 Å². The van der Waals surface area contributed by atoms with Crippen molar-refractivity contribution in [1.29, 1.82) is 0 Å². The number of alkyl halides is 2. The van der Waals surface area contributed by atoms with E-state index in [4.69, 9.17) is 0 Å². The van der Waals surface area contributed by atoms with Crippen LogP contribution in [0.1, 0.15) is 23.5 Å². The molecule has 1 heterocycles. The Morgan fingerprint density at radius 1 is 1.29 bits per heavy atom. The van der Waals surface area contributed by atoms with Gasteiger partial charge in [0.25, 0.3) is 0 Å². The summed E-state index contributed by atoms with van der Waals surface area (Å²) < 4.78 is 28.8. The minimum Gasteiger partial charge on any atom is -0.435 e. The topological polar surface area (TPSA) is 21.3 Å². The highest BCUT2D eigenvalue weighted by Gasteiger charge is 2.30. The summed E-state index contributed by atoms with van der Waals surface area (Å²) in [6.45, 7) is -0.721. The summed E-state index contributed by atoms with van der Waals surface area (Å²) in [5.41, 5.74) is 2.49. The highest BCUT2D eigenvalue weighted by Crippen LogP contribution is 2.38. The molecule has 17 heavy (non-hydrogen) atoms. The number of benzene rings is 1. The lowest BCUT2D eigenvalue weighted by atomic mass is 9.74. The minimum absolute atomic E-state index is 0.280. The molecule has 1 N–H and O–H groups in total. The lowest BCUT2D eigenvalue weighted by Gasteiger charge is -2.36. The third-order valence-corrected chi connectivity index (χ3v) is 3.73. The molecule has 1 fully saturated rings. The third kappa shape index (κ3) is 2.14. The first kappa shape index (κ1) is 11.0. The zero-order chi connectivity index (χ0) is 11.8. The molecule has 3 rings (SSSR count). The number of fused-ring (bicyclic) bond motifs is 4. The van der Waals surface area contributed by atoms with Crippen molar-refractivity contribution in [3.05, 3.63) is 29.3 Å². The van der Waals surface area contributed by atoms with E-state index in [9.17, 15) is 8.78 Å². The Kier molecular flexibility index (Phi) is 2.74. The molecule has 2 aliphatic rings. The van der Waals surface area contributed by atoms with Gasteiger partial charge in [-0.15, -0.1) is 0 Å². The average molecular weight is 239 g/mol. The van der Waals surface area contributed by atoms with Crippen LogP contribution in [0.3, 0.4) is 0 Å². The molecule has 0 saturated carbocycles. The van der Waals surface area contributed by atoms with Gasteiger partial charge in [-0.25, -0.2) is 0 Å². The monoisotopic (exact) mass is 239 g/mol. The maximum Gasteiger partial charge on any atom is 0.387 e. The van der Waals surface area contributed by atoms with E-state index in [-0.39, 0.29) is 5.75 Å². The Morgan fingerprint density at radius 2 is 2.18 bits per heavy atom. The highest BCUT2D eigenvalue weighted by atomic mass is 19.3. The second-order valence-corrected chi connectivity index (χ2v) is 4.90. The molecule has 1 saturated heterocycles. The van der Waals surface area contributed by atoms with Gasteiger partial charge in [-0.1, -0.05) is 6.07 Å². The zero-order valence-corrected chi connectivity index (χ0v) is 9.46. The summed E-state index contributed by atoms with van der Waals surface area (Å²) >= 11 is 0. The Hall–Kier alpha value is -1.16. The van der Waals surface area contributed by atoms with Crippen LogP contribution in [-0.2, 0) is 6.42 Å². The van der Waals surface area contributed by atoms with Crippen molar-refractivity contribution in [3.8, 4) is 5.75 Å². The predicted octanol–water partition coefficient (Wildman–Crippen LogP) is 2.54. The summed E-state index contributed by atoms with van der Waals surface area (Å²) in [5, 5.41) is 3.40. The largest absolute Gasteiger partial charge is 0.435 e. The van der Waals surface area contributed by atoms with Gasteiger partial charge in [-0.05, 0) is 54.5 Å². The van der Waals surface area contributed by atoms with Gasteiger partial charge in [0.05, 0.1) is 0 Å². The van der Waals surface area contributed by atoms with E-state index in [1.54, 1.807) is 12.1 Å². The molecule has 1 aromatic rings. The maximum atomic E-state index is 12.2. The van der Waals surface area contributed by atoms with E-state index >= 15 is 0 Å². The first-order chi connectivity index (χ1) is 8.22. The van der Waals surface area contributed by atoms with Crippen molar-refractivity contribution in [2.75, 3.05) is 13.1 Å². The van der Waals surface area contributed by atoms with E-state index in [2.05, 4.69) is 10.1 Å². The lowest BCUT2D eigenvalue weighted by Crippen LogP contribution is -2.39. The van der Waals surface area contributed by atoms with Gasteiger partial charge in [-0.2, -0.15) is 8.78 Å². The fourth-order valence-electron chi connectivity index (χ4n) is 3.05. The van der Waals surface area contributed by atoms with Crippen molar-refractivity contribution in [2.24, 2.45) is 5.92 Å². The molecule has 2 bridgehead atoms. The van der Waals surface area contributed by atoms with Gasteiger partial charge in [0.1, 0.15) is 5.75 Å². The van der Waals surface area contributed by atoms with Crippen LogP contribution in [0.15, 0.2) is 18.2 Å². The Bertz CT molecular complexity index is 422. The Labute approximate surface area is 99.0 Å². The van der Waals surface area contributed by atoms with Crippen molar-refractivity contribution >= 4 is 0 Å². The van der Waals surface area contributed by atoms with Crippen LogP contribution < -0.4 is 10.1 Å². The molecule has 0 aromatic heterocycles. The summed E-state index contributed by atoms with van der Waals surface area (Å²) in [6.07, 6.45) is 2.21. The first-order valence-electron chi connectivity index (χ1n) is 6.00. The molecule has 2 nitrogen and oxygen atoms in total. The molecule has 0 radical (unpaired) electrons. The molecule has 0 amide bonds. The van der Waals surface area contributed by atoms with Gasteiger partial charge in [0, 0.05) is 6.54 Å². The van der Waals surface area contributed by atoms with Crippen LogP contribution in [-0.4, -0.2) is 19.7 Å². The molecule has 1 aliphatic carbocycles. The SMILES string of the molecule is FC(F)Oc1ccc2c(c1)C1CNCC(C2)C1. The summed E-state index contributed by atoms with van der Waals surface area (Å²) in [7, 11) is 0. The van der Waals surface area contributed by atoms with Crippen LogP contribution >= 0.6 is 0 Å². The Morgan fingerprint density at radius 3 is 3.00 bits per heavy atom. The molecule has 92 valence electrons. The average Bonchev–Trinajstić information content (AvgIpc) is 2.30. The summed E-state index contributed by atoms with van der Waals surface area (Å²) in [5.74, 6) is 1.43. The van der Waals surface area contributed by atoms with Crippen LogP contribution in [0.2, 0.25) is 0 Å². The van der Waals surface area contributed by atoms with Gasteiger partial charge in [0.15, 0.2) is 0 Å². The Balaban J connectivity index is 1.91. The van der Waals surface area contributed by atoms with Crippen LogP contribution in [0.5, 0.6) is 5.75 Å². The third-order valence-electron chi connectivity index (χ3n) is 3.73. The van der Waals surface area contributed by atoms with Crippen molar-refractivity contribution in [2.45, 2.75) is 25.4 Å². The quantitative estimate of drug-likeness (QED) is 0.856. The number of hydrogen-bond donors (Lipinski definition) is 1. The van der Waals surface area contributed by atoms with Crippen LogP contribution in [0.25, 0.3) is 0 Å². The first-order valence-corrected chi connectivity index (χ1v) is 6.00. The molecule has 2 atom stereocenters. The molecule has 0 spiro atoms. The number of ether oxygens (including phenoxy) is 1. The fourth-order valence-corrected chi connectivity index (χ4v) is 3.05. The van der Waals surface area contributed by atoms with E-state index in [1.807, 2.05) is 6.07 Å². The fraction of sp³-hybridized carbons (Fsp3) is 0.538. The number of rotatable bonds is 2. The van der Waals surface area contributed by atoms with E-state index in [0.29, 0.717) is 11.8 Å². The number of nitrogens with one attached hydrogen (secondary N) is 1. The minimum atomic E-state index is -2.74. The van der Waals surface area contributed by atoms with Gasteiger partial charge < -0.3 is 10.1 Å². The van der Waals surface area contributed by atoms with Crippen LogP contribution in [0, 0.1) is 5.92 Å². The summed E-state index contributed by atoms with van der Waals surface area (Å²) in [4.78, 5) is 0. The second kappa shape index (κ2) is 4.26. The molecule has 1 aliphatic heterocycles. The summed E-state index contributed by atoms with van der Waals surface area (Å²) in [6, 6.07) is 5.38. The van der Waals surface area contributed by atoms with Gasteiger partial charge >= 0.3 is 6.61 Å². The van der Waals surface area contributed by atoms with Gasteiger partial charge in [-0.3, -0.25) is 0 Å². The lowest BCUT2D eigenvalue weighted by molar-refractivity contribution is -0.0499. The number of halogens is 2. The number of piperidine rings is 1. The van der Waals surface area contributed by atoms with Crippen LogP contribution in [0.4, 0.5) is 8.78 Å². The van der Waals surface area contributed by atoms with E-state index in [1.165, 1.54) is 11.1 Å². The van der Waals surface area contributed by atoms with Crippen molar-refractivity contribution < 1.29 is 13.5 Å². The van der Waals surface area contributed by atoms with Gasteiger partial charge in [0.2, 0.25) is 0 Å². The smallest absolute Gasteiger partial charge is 0.387 e. The normalized spacial score (nSPS) is 26.8. The molecule has 4 heteroatoms. The van der Waals surface area contributed by atoms with E-state index < -0.39 is 6.61 Å². The molecule has 1 aromatic carbocycles. The van der Waals surface area contributed by atoms with E-state index in [0.717, 1.165) is 25.9 Å². The predicted molar refractivity (Wildman–Crippen MR) is 60.5 cm³/mol. The molecular weight excluding hydrogens is 224 g/mol.